The SMILES string of the molecule is Cc1c(C2=C(c3ccc(C=C4CN(CCC(F)(F)F)C4)cc3)c3ccc(C(=O)O)cc3CCC2)ccc(Cl)c1F. The van der Waals surface area contributed by atoms with E-state index >= 15 is 0 Å². The number of allylic oxidation sites excluding steroid dienone is 1. The van der Waals surface area contributed by atoms with Gasteiger partial charge in [0.05, 0.1) is 17.0 Å². The zero-order valence-electron chi connectivity index (χ0n) is 21.9. The number of alkyl halides is 3. The van der Waals surface area contributed by atoms with Gasteiger partial charge in [0, 0.05) is 19.6 Å². The summed E-state index contributed by atoms with van der Waals surface area (Å²) in [6.07, 6.45) is -0.818. The van der Waals surface area contributed by atoms with E-state index in [1.807, 2.05) is 42.5 Å². The molecule has 1 heterocycles. The van der Waals surface area contributed by atoms with E-state index in [0.29, 0.717) is 31.5 Å². The van der Waals surface area contributed by atoms with E-state index in [2.05, 4.69) is 0 Å². The van der Waals surface area contributed by atoms with E-state index < -0.39 is 24.4 Å². The van der Waals surface area contributed by atoms with E-state index in [0.717, 1.165) is 51.0 Å². The average molecular weight is 570 g/mol. The van der Waals surface area contributed by atoms with Crippen LogP contribution >= 0.6 is 11.6 Å². The number of carboxylic acid groups (broad SMARTS) is 1. The maximum absolute atomic E-state index is 14.9. The number of hydrogen-bond acceptors (Lipinski definition) is 2. The molecule has 1 fully saturated rings. The van der Waals surface area contributed by atoms with Crippen LogP contribution in [0.1, 0.15) is 63.0 Å². The summed E-state index contributed by atoms with van der Waals surface area (Å²) >= 11 is 6.06. The normalized spacial score (nSPS) is 15.9. The lowest BCUT2D eigenvalue weighted by atomic mass is 9.85. The van der Waals surface area contributed by atoms with Crippen LogP contribution in [-0.4, -0.2) is 41.8 Å². The van der Waals surface area contributed by atoms with Crippen LogP contribution in [0.4, 0.5) is 17.6 Å². The molecule has 3 aromatic carbocycles. The summed E-state index contributed by atoms with van der Waals surface area (Å²) in [5, 5.41) is 9.61. The van der Waals surface area contributed by atoms with Crippen molar-refractivity contribution in [2.45, 2.75) is 38.8 Å². The fraction of sp³-hybridized carbons (Fsp3) is 0.281. The minimum absolute atomic E-state index is 0.00439. The Morgan fingerprint density at radius 1 is 1.02 bits per heavy atom. The topological polar surface area (TPSA) is 40.5 Å². The van der Waals surface area contributed by atoms with E-state index in [1.54, 1.807) is 30.0 Å². The number of halogens is 5. The molecule has 0 spiro atoms. The summed E-state index contributed by atoms with van der Waals surface area (Å²) in [5.74, 6) is -1.44. The Morgan fingerprint density at radius 3 is 2.40 bits per heavy atom. The van der Waals surface area contributed by atoms with Crippen LogP contribution in [0.15, 0.2) is 60.2 Å². The van der Waals surface area contributed by atoms with Crippen molar-refractivity contribution in [2.24, 2.45) is 0 Å². The van der Waals surface area contributed by atoms with Crippen LogP contribution < -0.4 is 0 Å². The van der Waals surface area contributed by atoms with E-state index in [1.165, 1.54) is 0 Å². The number of rotatable bonds is 6. The van der Waals surface area contributed by atoms with Gasteiger partial charge in [0.15, 0.2) is 0 Å². The zero-order valence-corrected chi connectivity index (χ0v) is 22.7. The number of aromatic carboxylic acids is 1. The molecule has 1 aliphatic heterocycles. The van der Waals surface area contributed by atoms with Crippen molar-refractivity contribution in [3.8, 4) is 0 Å². The number of benzene rings is 3. The molecule has 0 aromatic heterocycles. The van der Waals surface area contributed by atoms with Crippen LogP contribution in [-0.2, 0) is 6.42 Å². The van der Waals surface area contributed by atoms with Crippen molar-refractivity contribution >= 4 is 34.8 Å². The third-order valence-electron chi connectivity index (χ3n) is 7.60. The molecule has 1 N–H and O–H groups in total. The summed E-state index contributed by atoms with van der Waals surface area (Å²) in [6, 6.07) is 16.5. The van der Waals surface area contributed by atoms with Gasteiger partial charge in [-0.15, -0.1) is 0 Å². The molecule has 40 heavy (non-hydrogen) atoms. The Labute approximate surface area is 235 Å². The average Bonchev–Trinajstić information content (AvgIpc) is 3.07. The first-order valence-electron chi connectivity index (χ1n) is 13.1. The smallest absolute Gasteiger partial charge is 0.390 e. The Kier molecular flexibility index (Phi) is 7.89. The standard InChI is InChI=1S/C32H28ClF4NO2/c1-19-25(11-12-28(33)30(19)34)27-4-2-3-23-16-24(31(39)40)9-10-26(23)29(27)22-7-5-20(6-8-22)15-21-17-38(18-21)14-13-32(35,36)37/h5-12,15-16H,2-4,13-14,17-18H2,1H3,(H,39,40). The van der Waals surface area contributed by atoms with Crippen molar-refractivity contribution in [3.63, 3.8) is 0 Å². The van der Waals surface area contributed by atoms with Crippen molar-refractivity contribution in [1.82, 2.24) is 4.90 Å². The molecule has 0 saturated carbocycles. The third-order valence-corrected chi connectivity index (χ3v) is 7.89. The molecule has 0 radical (unpaired) electrons. The molecule has 1 saturated heterocycles. The predicted octanol–water partition coefficient (Wildman–Crippen LogP) is 8.43. The largest absolute Gasteiger partial charge is 0.478 e. The summed E-state index contributed by atoms with van der Waals surface area (Å²) in [7, 11) is 0. The van der Waals surface area contributed by atoms with E-state index in [-0.39, 0.29) is 17.1 Å². The van der Waals surface area contributed by atoms with Crippen LogP contribution in [0.5, 0.6) is 0 Å². The van der Waals surface area contributed by atoms with Crippen molar-refractivity contribution < 1.29 is 27.5 Å². The van der Waals surface area contributed by atoms with Gasteiger partial charge >= 0.3 is 12.1 Å². The first kappa shape index (κ1) is 28.1. The molecular formula is C32H28ClF4NO2. The highest BCUT2D eigenvalue weighted by Gasteiger charge is 2.30. The van der Waals surface area contributed by atoms with Gasteiger partial charge in [-0.1, -0.05) is 54.1 Å². The lowest BCUT2D eigenvalue weighted by Gasteiger charge is -2.34. The highest BCUT2D eigenvalue weighted by atomic mass is 35.5. The van der Waals surface area contributed by atoms with E-state index in [9.17, 15) is 27.5 Å². The first-order valence-corrected chi connectivity index (χ1v) is 13.5. The molecule has 3 aromatic rings. The number of hydrogen-bond donors (Lipinski definition) is 1. The summed E-state index contributed by atoms with van der Waals surface area (Å²) in [5.41, 5.74) is 8.13. The molecular weight excluding hydrogens is 542 g/mol. The highest BCUT2D eigenvalue weighted by molar-refractivity contribution is 6.30. The monoisotopic (exact) mass is 569 g/mol. The Bertz CT molecular complexity index is 1520. The van der Waals surface area contributed by atoms with Gasteiger partial charge in [-0.25, -0.2) is 9.18 Å². The molecule has 5 rings (SSSR count). The van der Waals surface area contributed by atoms with E-state index in [4.69, 9.17) is 11.6 Å². The van der Waals surface area contributed by atoms with Gasteiger partial charge < -0.3 is 5.11 Å². The number of carbonyl (C=O) groups is 1. The fourth-order valence-corrected chi connectivity index (χ4v) is 5.75. The van der Waals surface area contributed by atoms with Crippen LogP contribution in [0.2, 0.25) is 5.02 Å². The summed E-state index contributed by atoms with van der Waals surface area (Å²) < 4.78 is 52.3. The zero-order chi connectivity index (χ0) is 28.6. The first-order chi connectivity index (χ1) is 19.0. The maximum Gasteiger partial charge on any atom is 0.390 e. The lowest BCUT2D eigenvalue weighted by Crippen LogP contribution is -2.41. The summed E-state index contributed by atoms with van der Waals surface area (Å²) in [4.78, 5) is 13.4. The molecule has 0 bridgehead atoms. The second-order valence-corrected chi connectivity index (χ2v) is 10.8. The minimum atomic E-state index is -4.15. The third kappa shape index (κ3) is 6.01. The Hall–Kier alpha value is -3.42. The number of aryl methyl sites for hydroxylation is 1. The Morgan fingerprint density at radius 2 is 1.73 bits per heavy atom. The molecule has 0 unspecified atom stereocenters. The van der Waals surface area contributed by atoms with Gasteiger partial charge in [-0.2, -0.15) is 13.2 Å². The van der Waals surface area contributed by atoms with Gasteiger partial charge in [-0.3, -0.25) is 4.90 Å². The molecule has 8 heteroatoms. The Balaban J connectivity index is 1.52. The minimum Gasteiger partial charge on any atom is -0.478 e. The number of likely N-dealkylation sites (tertiary alicyclic amines) is 1. The number of fused-ring (bicyclic) bond motifs is 1. The molecule has 208 valence electrons. The number of carboxylic acids is 1. The second kappa shape index (κ2) is 11.2. The van der Waals surface area contributed by atoms with Gasteiger partial charge in [-0.05, 0) is 94.5 Å². The van der Waals surface area contributed by atoms with Crippen LogP contribution in [0.25, 0.3) is 17.2 Å². The number of nitrogens with zero attached hydrogens (tertiary/aromatic N) is 1. The van der Waals surface area contributed by atoms with Crippen LogP contribution in [0.3, 0.4) is 0 Å². The molecule has 3 nitrogen and oxygen atoms in total. The predicted molar refractivity (Wildman–Crippen MR) is 150 cm³/mol. The highest BCUT2D eigenvalue weighted by Crippen LogP contribution is 2.42. The fourth-order valence-electron chi connectivity index (χ4n) is 5.54. The molecule has 2 aliphatic rings. The van der Waals surface area contributed by atoms with Gasteiger partial charge in [0.2, 0.25) is 0 Å². The lowest BCUT2D eigenvalue weighted by molar-refractivity contribution is -0.138. The summed E-state index contributed by atoms with van der Waals surface area (Å²) in [6.45, 7) is 2.76. The second-order valence-electron chi connectivity index (χ2n) is 10.4. The maximum atomic E-state index is 14.9. The van der Waals surface area contributed by atoms with Crippen molar-refractivity contribution in [3.05, 3.63) is 110 Å². The van der Waals surface area contributed by atoms with Crippen molar-refractivity contribution in [1.29, 1.82) is 0 Å². The molecule has 0 amide bonds. The quantitative estimate of drug-likeness (QED) is 0.303. The van der Waals surface area contributed by atoms with Gasteiger partial charge in [0.1, 0.15) is 5.82 Å². The molecule has 1 aliphatic carbocycles. The van der Waals surface area contributed by atoms with Crippen molar-refractivity contribution in [2.75, 3.05) is 19.6 Å². The van der Waals surface area contributed by atoms with Gasteiger partial charge in [0.25, 0.3) is 0 Å². The van der Waals surface area contributed by atoms with Crippen LogP contribution in [0, 0.1) is 12.7 Å². The molecule has 0 atom stereocenters.